The highest BCUT2D eigenvalue weighted by atomic mass is 19.4. The summed E-state index contributed by atoms with van der Waals surface area (Å²) >= 11 is 0. The third kappa shape index (κ3) is 5.28. The average Bonchev–Trinajstić information content (AvgIpc) is 3.12. The number of halogens is 5. The number of nitrogens with zero attached hydrogens (tertiary/aromatic N) is 2. The van der Waals surface area contributed by atoms with Crippen LogP contribution in [0, 0.1) is 5.92 Å². The van der Waals surface area contributed by atoms with Crippen LogP contribution < -0.4 is 20.5 Å². The monoisotopic (exact) mass is 544 g/mol. The van der Waals surface area contributed by atoms with E-state index in [2.05, 4.69) is 24.5 Å². The number of β-lactam (4-membered cyclic amide) rings is 1. The molecule has 4 rings (SSSR count). The molecule has 0 aliphatic carbocycles. The smallest absolute Gasteiger partial charge is 0.395 e. The number of carbonyl (C=O) groups excluding carboxylic acids is 4. The highest BCUT2D eigenvalue weighted by molar-refractivity contribution is 6.09. The van der Waals surface area contributed by atoms with Gasteiger partial charge in [-0.25, -0.2) is 24.3 Å². The molecule has 2 aromatic rings. The van der Waals surface area contributed by atoms with Crippen LogP contribution in [0.2, 0.25) is 0 Å². The second-order valence-electron chi connectivity index (χ2n) is 8.30. The summed E-state index contributed by atoms with van der Waals surface area (Å²) in [5, 5.41) is 2.34. The molecule has 1 saturated heterocycles. The maximum absolute atomic E-state index is 13.3. The summed E-state index contributed by atoms with van der Waals surface area (Å²) in [4.78, 5) is 53.5. The summed E-state index contributed by atoms with van der Waals surface area (Å²) in [6.07, 6.45) is -8.33. The molecule has 3 N–H and O–H groups in total. The molecule has 0 spiro atoms. The standard InChI is InChI=1S/C22H17F5N4O7/c1-9(11-2-3-13-14(8-11)38-22(26,27)37-13)30-20(35)31-16(18(33)36-19(34)21(23,24)25)12(17(31)32)6-10-4-5-29-15(28)7-10/h2-5,7-9,12,16H,6H2,1H3,(H2,28,29)(H,30,35)/t9-,12?,16?/m1/s1. The van der Waals surface area contributed by atoms with Gasteiger partial charge in [0, 0.05) is 6.20 Å². The molecule has 0 saturated carbocycles. The Morgan fingerprint density at radius 3 is 2.53 bits per heavy atom. The van der Waals surface area contributed by atoms with Crippen molar-refractivity contribution >= 4 is 29.7 Å². The van der Waals surface area contributed by atoms with Gasteiger partial charge in [-0.05, 0) is 48.7 Å². The molecule has 1 fully saturated rings. The number of urea groups is 1. The van der Waals surface area contributed by atoms with Crippen LogP contribution in [0.25, 0.3) is 0 Å². The van der Waals surface area contributed by atoms with Crippen molar-refractivity contribution in [1.82, 2.24) is 15.2 Å². The number of anilines is 1. The van der Waals surface area contributed by atoms with Crippen molar-refractivity contribution < 1.29 is 55.3 Å². The molecule has 0 radical (unpaired) electrons. The molecule has 38 heavy (non-hydrogen) atoms. The van der Waals surface area contributed by atoms with Gasteiger partial charge >= 0.3 is 30.4 Å². The predicted molar refractivity (Wildman–Crippen MR) is 113 cm³/mol. The van der Waals surface area contributed by atoms with Crippen molar-refractivity contribution in [2.45, 2.75) is 37.9 Å². The number of fused-ring (bicyclic) bond motifs is 1. The molecule has 16 heteroatoms. The summed E-state index contributed by atoms with van der Waals surface area (Å²) in [5.41, 5.74) is 6.18. The number of hydrogen-bond donors (Lipinski definition) is 2. The molecule has 2 aliphatic rings. The number of esters is 2. The average molecular weight is 544 g/mol. The quantitative estimate of drug-likeness (QED) is 0.250. The molecular weight excluding hydrogens is 527 g/mol. The van der Waals surface area contributed by atoms with Gasteiger partial charge in [0.05, 0.1) is 12.0 Å². The first-order valence-corrected chi connectivity index (χ1v) is 10.7. The Morgan fingerprint density at radius 2 is 1.87 bits per heavy atom. The highest BCUT2D eigenvalue weighted by Gasteiger charge is 2.57. The van der Waals surface area contributed by atoms with E-state index >= 15 is 0 Å². The first-order chi connectivity index (χ1) is 17.7. The van der Waals surface area contributed by atoms with Crippen molar-refractivity contribution in [2.24, 2.45) is 5.92 Å². The van der Waals surface area contributed by atoms with Crippen LogP contribution in [-0.4, -0.2) is 52.3 Å². The van der Waals surface area contributed by atoms with E-state index in [1.807, 2.05) is 0 Å². The van der Waals surface area contributed by atoms with Crippen LogP contribution in [-0.2, 0) is 25.5 Å². The van der Waals surface area contributed by atoms with Gasteiger partial charge in [0.15, 0.2) is 17.5 Å². The van der Waals surface area contributed by atoms with Gasteiger partial charge in [-0.3, -0.25) is 4.79 Å². The largest absolute Gasteiger partial charge is 0.586 e. The van der Waals surface area contributed by atoms with E-state index in [0.29, 0.717) is 10.5 Å². The molecule has 3 atom stereocenters. The summed E-state index contributed by atoms with van der Waals surface area (Å²) in [5.74, 6) is -7.42. The summed E-state index contributed by atoms with van der Waals surface area (Å²) in [6.45, 7) is 1.40. The summed E-state index contributed by atoms with van der Waals surface area (Å²) < 4.78 is 77.0. The van der Waals surface area contributed by atoms with Crippen molar-refractivity contribution in [3.05, 3.63) is 47.7 Å². The zero-order valence-electron chi connectivity index (χ0n) is 19.1. The van der Waals surface area contributed by atoms with Gasteiger partial charge in [0.2, 0.25) is 5.91 Å². The summed E-state index contributed by atoms with van der Waals surface area (Å²) in [7, 11) is 0. The normalized spacial score (nSPS) is 20.4. The third-order valence-corrected chi connectivity index (χ3v) is 5.67. The number of rotatable bonds is 5. The number of benzene rings is 1. The van der Waals surface area contributed by atoms with Crippen molar-refractivity contribution in [2.75, 3.05) is 5.73 Å². The second kappa shape index (κ2) is 9.42. The Labute approximate surface area is 209 Å². The minimum Gasteiger partial charge on any atom is -0.395 e. The van der Waals surface area contributed by atoms with Gasteiger partial charge in [-0.1, -0.05) is 6.07 Å². The molecule has 1 aromatic heterocycles. The second-order valence-corrected chi connectivity index (χ2v) is 8.30. The lowest BCUT2D eigenvalue weighted by Gasteiger charge is -2.43. The minimum absolute atomic E-state index is 0.0607. The molecule has 0 bridgehead atoms. The van der Waals surface area contributed by atoms with Crippen LogP contribution in [0.3, 0.4) is 0 Å². The van der Waals surface area contributed by atoms with E-state index in [1.165, 1.54) is 31.3 Å². The number of amides is 3. The Balaban J connectivity index is 1.52. The molecule has 2 aliphatic heterocycles. The van der Waals surface area contributed by atoms with Crippen LogP contribution in [0.5, 0.6) is 11.5 Å². The van der Waals surface area contributed by atoms with Crippen LogP contribution in [0.15, 0.2) is 36.5 Å². The number of pyridine rings is 1. The Hall–Kier alpha value is -4.50. The minimum atomic E-state index is -5.50. The molecule has 11 nitrogen and oxygen atoms in total. The predicted octanol–water partition coefficient (Wildman–Crippen LogP) is 2.46. The van der Waals surface area contributed by atoms with Crippen molar-refractivity contribution in [1.29, 1.82) is 0 Å². The number of alkyl halides is 5. The van der Waals surface area contributed by atoms with Gasteiger partial charge in [0.25, 0.3) is 0 Å². The van der Waals surface area contributed by atoms with Crippen LogP contribution in [0.4, 0.5) is 32.6 Å². The van der Waals surface area contributed by atoms with Gasteiger partial charge in [-0.15, -0.1) is 8.78 Å². The number of carbonyl (C=O) groups is 4. The number of aromatic nitrogens is 1. The third-order valence-electron chi connectivity index (χ3n) is 5.67. The fraction of sp³-hybridized carbons (Fsp3) is 0.318. The van der Waals surface area contributed by atoms with Gasteiger partial charge in [-0.2, -0.15) is 13.2 Å². The lowest BCUT2D eigenvalue weighted by molar-refractivity contribution is -0.286. The Bertz CT molecular complexity index is 1320. The molecule has 3 amide bonds. The topological polar surface area (TPSA) is 150 Å². The van der Waals surface area contributed by atoms with E-state index in [4.69, 9.17) is 5.73 Å². The van der Waals surface area contributed by atoms with E-state index in [1.54, 1.807) is 0 Å². The van der Waals surface area contributed by atoms with Gasteiger partial charge < -0.3 is 25.3 Å². The molecule has 202 valence electrons. The van der Waals surface area contributed by atoms with Crippen molar-refractivity contribution in [3.63, 3.8) is 0 Å². The SMILES string of the molecule is C[C@@H](NC(=O)N1C(=O)C(Cc2ccnc(N)c2)C1C(=O)OC(=O)C(F)(F)F)c1ccc2c(c1)OC(F)(F)O2. The first-order valence-electron chi connectivity index (χ1n) is 10.7. The van der Waals surface area contributed by atoms with Gasteiger partial charge in [0.1, 0.15) is 5.82 Å². The molecule has 1 aromatic carbocycles. The summed E-state index contributed by atoms with van der Waals surface area (Å²) in [6, 6.07) is 2.34. The maximum atomic E-state index is 13.3. The van der Waals surface area contributed by atoms with E-state index in [-0.39, 0.29) is 29.3 Å². The number of nitrogens with one attached hydrogen (secondary N) is 1. The molecule has 3 heterocycles. The highest BCUT2D eigenvalue weighted by Crippen LogP contribution is 2.42. The fourth-order valence-corrected chi connectivity index (χ4v) is 3.90. The van der Waals surface area contributed by atoms with Crippen LogP contribution >= 0.6 is 0 Å². The Morgan fingerprint density at radius 1 is 1.18 bits per heavy atom. The molecular formula is C22H17F5N4O7. The number of nitrogen functional groups attached to an aromatic ring is 1. The van der Waals surface area contributed by atoms with E-state index < -0.39 is 54.3 Å². The molecule has 2 unspecified atom stereocenters. The number of likely N-dealkylation sites (tertiary alicyclic amines) is 1. The number of ether oxygens (including phenoxy) is 3. The van der Waals surface area contributed by atoms with E-state index in [9.17, 15) is 41.1 Å². The lowest BCUT2D eigenvalue weighted by atomic mass is 9.82. The number of imide groups is 1. The number of hydrogen-bond acceptors (Lipinski definition) is 9. The maximum Gasteiger partial charge on any atom is 0.586 e. The zero-order valence-corrected chi connectivity index (χ0v) is 19.1. The van der Waals surface area contributed by atoms with Crippen molar-refractivity contribution in [3.8, 4) is 11.5 Å². The first kappa shape index (κ1) is 26.6. The Kier molecular flexibility index (Phi) is 6.59. The van der Waals surface area contributed by atoms with Crippen LogP contribution in [0.1, 0.15) is 24.1 Å². The zero-order chi connectivity index (χ0) is 28.0. The fourth-order valence-electron chi connectivity index (χ4n) is 3.90. The van der Waals surface area contributed by atoms with E-state index in [0.717, 1.165) is 12.1 Å². The number of nitrogens with two attached hydrogens (primary N) is 1. The lowest BCUT2D eigenvalue weighted by Crippen LogP contribution is -2.69.